The molecule has 6 nitrogen and oxygen atoms in total. The molecule has 0 aromatic carbocycles. The van der Waals surface area contributed by atoms with Gasteiger partial charge in [-0.2, -0.15) is 0 Å². The van der Waals surface area contributed by atoms with E-state index in [0.29, 0.717) is 13.2 Å². The van der Waals surface area contributed by atoms with Crippen LogP contribution in [0.2, 0.25) is 0 Å². The van der Waals surface area contributed by atoms with Crippen molar-refractivity contribution in [3.8, 4) is 0 Å². The number of morpholine rings is 1. The third-order valence-electron chi connectivity index (χ3n) is 3.98. The zero-order chi connectivity index (χ0) is 14.1. The number of aromatic carboxylic acids is 1. The summed E-state index contributed by atoms with van der Waals surface area (Å²) in [6, 6.07) is 2.99. The van der Waals surface area contributed by atoms with E-state index in [9.17, 15) is 9.59 Å². The highest BCUT2D eigenvalue weighted by Crippen LogP contribution is 2.30. The average Bonchev–Trinajstić information content (AvgIpc) is 2.94. The molecule has 0 spiro atoms. The van der Waals surface area contributed by atoms with Gasteiger partial charge in [0.1, 0.15) is 5.69 Å². The smallest absolute Gasteiger partial charge is 0.338 e. The number of nitrogens with zero attached hydrogens (tertiary/aromatic N) is 2. The van der Waals surface area contributed by atoms with Crippen LogP contribution in [-0.2, 0) is 4.74 Å². The molecule has 2 heterocycles. The second kappa shape index (κ2) is 5.20. The minimum absolute atomic E-state index is 0.0209. The molecule has 2 unspecified atom stereocenters. The van der Waals surface area contributed by atoms with Crippen molar-refractivity contribution in [2.24, 2.45) is 0 Å². The molecule has 1 saturated carbocycles. The molecule has 1 aliphatic heterocycles. The number of carbonyl (C=O) groups is 2. The van der Waals surface area contributed by atoms with E-state index in [1.165, 1.54) is 18.3 Å². The number of hydrogen-bond acceptors (Lipinski definition) is 4. The van der Waals surface area contributed by atoms with Crippen molar-refractivity contribution in [1.29, 1.82) is 0 Å². The second-order valence-electron chi connectivity index (χ2n) is 5.11. The lowest BCUT2D eigenvalue weighted by molar-refractivity contribution is -0.0447. The molecule has 2 fully saturated rings. The lowest BCUT2D eigenvalue weighted by Crippen LogP contribution is -2.51. The van der Waals surface area contributed by atoms with Gasteiger partial charge in [0.25, 0.3) is 5.91 Å². The summed E-state index contributed by atoms with van der Waals surface area (Å²) in [5.74, 6) is -1.43. The topological polar surface area (TPSA) is 79.7 Å². The van der Waals surface area contributed by atoms with E-state index in [-0.39, 0.29) is 29.3 Å². The predicted molar refractivity (Wildman–Crippen MR) is 69.6 cm³/mol. The quantitative estimate of drug-likeness (QED) is 0.877. The van der Waals surface area contributed by atoms with Crippen LogP contribution in [0, 0.1) is 0 Å². The lowest BCUT2D eigenvalue weighted by atomic mass is 10.1. The summed E-state index contributed by atoms with van der Waals surface area (Å²) in [6.45, 7) is 0.998. The Labute approximate surface area is 116 Å². The molecule has 1 saturated heterocycles. The first-order valence-electron chi connectivity index (χ1n) is 6.79. The number of ether oxygens (including phenoxy) is 1. The van der Waals surface area contributed by atoms with E-state index in [2.05, 4.69) is 4.98 Å². The number of carboxylic acids is 1. The zero-order valence-corrected chi connectivity index (χ0v) is 11.0. The average molecular weight is 276 g/mol. The molecule has 1 aliphatic carbocycles. The van der Waals surface area contributed by atoms with Crippen molar-refractivity contribution in [3.63, 3.8) is 0 Å². The summed E-state index contributed by atoms with van der Waals surface area (Å²) in [5, 5.41) is 9.16. The van der Waals surface area contributed by atoms with Gasteiger partial charge in [0.2, 0.25) is 0 Å². The van der Waals surface area contributed by atoms with Crippen LogP contribution in [0.4, 0.5) is 0 Å². The summed E-state index contributed by atoms with van der Waals surface area (Å²) in [6.07, 6.45) is 4.44. The highest BCUT2D eigenvalue weighted by atomic mass is 16.5. The molecular formula is C14H16N2O4. The van der Waals surface area contributed by atoms with E-state index in [1.54, 1.807) is 4.90 Å². The van der Waals surface area contributed by atoms with Gasteiger partial charge in [-0.25, -0.2) is 4.79 Å². The van der Waals surface area contributed by atoms with Crippen LogP contribution in [-0.4, -0.2) is 52.2 Å². The van der Waals surface area contributed by atoms with Crippen LogP contribution >= 0.6 is 0 Å². The van der Waals surface area contributed by atoms with Gasteiger partial charge in [0.05, 0.1) is 24.3 Å². The highest BCUT2D eigenvalue weighted by Gasteiger charge is 2.39. The summed E-state index contributed by atoms with van der Waals surface area (Å²) in [5.41, 5.74) is -0.0221. The third-order valence-corrected chi connectivity index (χ3v) is 3.98. The van der Waals surface area contributed by atoms with Crippen molar-refractivity contribution in [1.82, 2.24) is 9.88 Å². The number of amides is 1. The highest BCUT2D eigenvalue weighted by molar-refractivity contribution is 6.03. The number of fused-ring (bicyclic) bond motifs is 1. The van der Waals surface area contributed by atoms with Crippen molar-refractivity contribution < 1.29 is 19.4 Å². The maximum atomic E-state index is 12.6. The largest absolute Gasteiger partial charge is 0.478 e. The van der Waals surface area contributed by atoms with Gasteiger partial charge in [0, 0.05) is 12.7 Å². The van der Waals surface area contributed by atoms with Crippen molar-refractivity contribution in [2.75, 3.05) is 13.2 Å². The first-order valence-corrected chi connectivity index (χ1v) is 6.79. The fourth-order valence-corrected chi connectivity index (χ4v) is 3.06. The first-order chi connectivity index (χ1) is 9.68. The number of rotatable bonds is 2. The van der Waals surface area contributed by atoms with E-state index in [4.69, 9.17) is 9.84 Å². The molecule has 0 bridgehead atoms. The number of pyridine rings is 1. The van der Waals surface area contributed by atoms with Gasteiger partial charge in [-0.05, 0) is 31.4 Å². The summed E-state index contributed by atoms with van der Waals surface area (Å²) in [7, 11) is 0. The molecule has 2 atom stereocenters. The molecule has 20 heavy (non-hydrogen) atoms. The van der Waals surface area contributed by atoms with Crippen LogP contribution in [0.25, 0.3) is 0 Å². The van der Waals surface area contributed by atoms with Crippen LogP contribution in [0.3, 0.4) is 0 Å². The molecule has 2 aliphatic rings. The molecule has 1 aromatic heterocycles. The fourth-order valence-electron chi connectivity index (χ4n) is 3.06. The Kier molecular flexibility index (Phi) is 3.40. The molecule has 0 radical (unpaired) electrons. The molecule has 3 rings (SSSR count). The summed E-state index contributed by atoms with van der Waals surface area (Å²) >= 11 is 0. The molecule has 6 heteroatoms. The lowest BCUT2D eigenvalue weighted by Gasteiger charge is -2.37. The Morgan fingerprint density at radius 2 is 2.25 bits per heavy atom. The monoisotopic (exact) mass is 276 g/mol. The Morgan fingerprint density at radius 1 is 1.40 bits per heavy atom. The molecule has 106 valence electrons. The Balaban J connectivity index is 1.90. The summed E-state index contributed by atoms with van der Waals surface area (Å²) < 4.78 is 5.67. The van der Waals surface area contributed by atoms with Crippen LogP contribution < -0.4 is 0 Å². The van der Waals surface area contributed by atoms with E-state index < -0.39 is 5.97 Å². The Hall–Kier alpha value is -1.95. The van der Waals surface area contributed by atoms with Gasteiger partial charge in [-0.1, -0.05) is 0 Å². The van der Waals surface area contributed by atoms with Gasteiger partial charge in [0.15, 0.2) is 0 Å². The van der Waals surface area contributed by atoms with Crippen LogP contribution in [0.15, 0.2) is 18.3 Å². The Bertz CT molecular complexity index is 546. The maximum absolute atomic E-state index is 12.6. The predicted octanol–water partition coefficient (Wildman–Crippen LogP) is 1.17. The molecular weight excluding hydrogens is 260 g/mol. The van der Waals surface area contributed by atoms with Gasteiger partial charge >= 0.3 is 5.97 Å². The number of hydrogen-bond donors (Lipinski definition) is 1. The zero-order valence-electron chi connectivity index (χ0n) is 11.0. The van der Waals surface area contributed by atoms with Crippen LogP contribution in [0.5, 0.6) is 0 Å². The van der Waals surface area contributed by atoms with E-state index >= 15 is 0 Å². The minimum atomic E-state index is -1.13. The molecule has 1 amide bonds. The molecule has 1 N–H and O–H groups in total. The van der Waals surface area contributed by atoms with Crippen LogP contribution in [0.1, 0.15) is 40.1 Å². The van der Waals surface area contributed by atoms with Gasteiger partial charge in [-0.15, -0.1) is 0 Å². The number of aromatic nitrogens is 1. The van der Waals surface area contributed by atoms with E-state index in [0.717, 1.165) is 19.3 Å². The van der Waals surface area contributed by atoms with Crippen molar-refractivity contribution in [3.05, 3.63) is 29.6 Å². The van der Waals surface area contributed by atoms with E-state index in [1.807, 2.05) is 0 Å². The number of carboxylic acid groups (broad SMARTS) is 1. The normalized spacial score (nSPS) is 25.3. The van der Waals surface area contributed by atoms with Crippen molar-refractivity contribution >= 4 is 11.9 Å². The fraction of sp³-hybridized carbons (Fsp3) is 0.500. The molecule has 1 aromatic rings. The standard InChI is InChI=1S/C14H16N2O4/c17-13(12-9(14(18)19)3-2-6-15-12)16-7-8-20-11-5-1-4-10(11)16/h2-3,6,10-11H,1,4-5,7-8H2,(H,18,19). The van der Waals surface area contributed by atoms with Gasteiger partial charge < -0.3 is 14.7 Å². The SMILES string of the molecule is O=C(O)c1cccnc1C(=O)N1CCOC2CCCC21. The second-order valence-corrected chi connectivity index (χ2v) is 5.11. The maximum Gasteiger partial charge on any atom is 0.338 e. The van der Waals surface area contributed by atoms with Crippen molar-refractivity contribution in [2.45, 2.75) is 31.4 Å². The third kappa shape index (κ3) is 2.16. The minimum Gasteiger partial charge on any atom is -0.478 e. The first kappa shape index (κ1) is 13.1. The Morgan fingerprint density at radius 3 is 3.05 bits per heavy atom. The number of carbonyl (C=O) groups excluding carboxylic acids is 1. The summed E-state index contributed by atoms with van der Waals surface area (Å²) in [4.78, 5) is 29.5. The van der Waals surface area contributed by atoms with Gasteiger partial charge in [-0.3, -0.25) is 9.78 Å².